The Kier molecular flexibility index (Phi) is 9.34. The van der Waals surface area contributed by atoms with Crippen molar-refractivity contribution >= 4 is 46.8 Å². The van der Waals surface area contributed by atoms with Crippen molar-refractivity contribution in [1.82, 2.24) is 10.2 Å². The Morgan fingerprint density at radius 3 is 2.07 bits per heavy atom. The summed E-state index contributed by atoms with van der Waals surface area (Å²) in [5, 5.41) is 4.20. The summed E-state index contributed by atoms with van der Waals surface area (Å²) in [6, 6.07) is 14.1. The van der Waals surface area contributed by atoms with Gasteiger partial charge in [0.05, 0.1) is 5.75 Å². The highest BCUT2D eigenvalue weighted by Crippen LogP contribution is 2.22. The second-order valence-electron chi connectivity index (χ2n) is 7.21. The first kappa shape index (κ1) is 23.6. The quantitative estimate of drug-likeness (QED) is 0.526. The predicted molar refractivity (Wildman–Crippen MR) is 121 cm³/mol. The molecule has 0 aliphatic heterocycles. The van der Waals surface area contributed by atoms with E-state index in [4.69, 9.17) is 23.2 Å². The molecule has 4 nitrogen and oxygen atoms in total. The lowest BCUT2D eigenvalue weighted by atomic mass is 10.1. The largest absolute Gasteiger partial charge is 0.354 e. The average molecular weight is 453 g/mol. The number of nitrogens with zero attached hydrogens (tertiary/aromatic N) is 1. The molecule has 0 fully saturated rings. The molecular weight excluding hydrogens is 427 g/mol. The molecule has 0 heterocycles. The molecule has 7 heteroatoms. The van der Waals surface area contributed by atoms with E-state index in [1.165, 1.54) is 11.8 Å². The van der Waals surface area contributed by atoms with Crippen LogP contribution in [0.5, 0.6) is 0 Å². The fraction of sp³-hybridized carbons (Fsp3) is 0.364. The monoisotopic (exact) mass is 452 g/mol. The van der Waals surface area contributed by atoms with Gasteiger partial charge in [-0.3, -0.25) is 9.59 Å². The van der Waals surface area contributed by atoms with E-state index >= 15 is 0 Å². The molecule has 2 amide bonds. The van der Waals surface area contributed by atoms with Gasteiger partial charge in [0.15, 0.2) is 0 Å². The molecule has 2 aromatic carbocycles. The van der Waals surface area contributed by atoms with Gasteiger partial charge < -0.3 is 10.2 Å². The van der Waals surface area contributed by atoms with Gasteiger partial charge >= 0.3 is 0 Å². The van der Waals surface area contributed by atoms with Gasteiger partial charge in [-0.2, -0.15) is 0 Å². The SMILES string of the molecule is CC(C)CNC(=O)C(C)N(Cc1ccc(Cl)cc1)C(=O)CSc1ccc(Cl)cc1. The molecule has 0 spiro atoms. The molecule has 0 aromatic heterocycles. The molecule has 0 aliphatic carbocycles. The maximum atomic E-state index is 13.0. The maximum absolute atomic E-state index is 13.0. The first-order valence-electron chi connectivity index (χ1n) is 9.46. The number of nitrogens with one attached hydrogen (secondary N) is 1. The number of amides is 2. The van der Waals surface area contributed by atoms with E-state index in [1.54, 1.807) is 36.1 Å². The van der Waals surface area contributed by atoms with Crippen LogP contribution < -0.4 is 5.32 Å². The highest BCUT2D eigenvalue weighted by atomic mass is 35.5. The van der Waals surface area contributed by atoms with Crippen LogP contribution in [0.2, 0.25) is 10.0 Å². The highest BCUT2D eigenvalue weighted by Gasteiger charge is 2.26. The molecule has 1 atom stereocenters. The van der Waals surface area contributed by atoms with E-state index < -0.39 is 6.04 Å². The molecule has 0 radical (unpaired) electrons. The third kappa shape index (κ3) is 7.92. The molecule has 0 saturated heterocycles. The lowest BCUT2D eigenvalue weighted by Gasteiger charge is -2.29. The van der Waals surface area contributed by atoms with E-state index in [-0.39, 0.29) is 17.6 Å². The minimum absolute atomic E-state index is 0.105. The number of benzene rings is 2. The molecule has 29 heavy (non-hydrogen) atoms. The third-order valence-electron chi connectivity index (χ3n) is 4.29. The summed E-state index contributed by atoms with van der Waals surface area (Å²) in [6.45, 7) is 6.74. The number of halogens is 2. The van der Waals surface area contributed by atoms with Crippen LogP contribution in [0.1, 0.15) is 26.3 Å². The summed E-state index contributed by atoms with van der Waals surface area (Å²) in [6.07, 6.45) is 0. The van der Waals surface area contributed by atoms with Crippen molar-refractivity contribution in [3.05, 3.63) is 64.1 Å². The van der Waals surface area contributed by atoms with Crippen molar-refractivity contribution in [1.29, 1.82) is 0 Å². The van der Waals surface area contributed by atoms with Crippen LogP contribution in [-0.2, 0) is 16.1 Å². The summed E-state index contributed by atoms with van der Waals surface area (Å²) in [5.41, 5.74) is 0.919. The van der Waals surface area contributed by atoms with Crippen LogP contribution in [0.15, 0.2) is 53.4 Å². The molecular formula is C22H26Cl2N2O2S. The number of rotatable bonds is 9. The van der Waals surface area contributed by atoms with Gasteiger partial charge in [0.25, 0.3) is 0 Å². The van der Waals surface area contributed by atoms with Gasteiger partial charge in [-0.25, -0.2) is 0 Å². The number of carbonyl (C=O) groups is 2. The minimum Gasteiger partial charge on any atom is -0.354 e. The lowest BCUT2D eigenvalue weighted by molar-refractivity contribution is -0.138. The third-order valence-corrected chi connectivity index (χ3v) is 5.79. The van der Waals surface area contributed by atoms with Gasteiger partial charge in [-0.1, -0.05) is 49.2 Å². The van der Waals surface area contributed by atoms with Crippen molar-refractivity contribution < 1.29 is 9.59 Å². The summed E-state index contributed by atoms with van der Waals surface area (Å²) in [4.78, 5) is 28.2. The zero-order valence-electron chi connectivity index (χ0n) is 16.8. The summed E-state index contributed by atoms with van der Waals surface area (Å²) in [5.74, 6) is 0.313. The Balaban J connectivity index is 2.10. The number of thioether (sulfide) groups is 1. The Hall–Kier alpha value is -1.69. The van der Waals surface area contributed by atoms with Crippen molar-refractivity contribution in [2.45, 2.75) is 38.3 Å². The highest BCUT2D eigenvalue weighted by molar-refractivity contribution is 8.00. The van der Waals surface area contributed by atoms with Gasteiger partial charge in [0.1, 0.15) is 6.04 Å². The van der Waals surface area contributed by atoms with E-state index in [0.29, 0.717) is 29.1 Å². The Morgan fingerprint density at radius 2 is 1.52 bits per heavy atom. The molecule has 2 aromatic rings. The van der Waals surface area contributed by atoms with Crippen molar-refractivity contribution in [2.75, 3.05) is 12.3 Å². The number of hydrogen-bond donors (Lipinski definition) is 1. The summed E-state index contributed by atoms with van der Waals surface area (Å²) < 4.78 is 0. The smallest absolute Gasteiger partial charge is 0.242 e. The van der Waals surface area contributed by atoms with Crippen molar-refractivity contribution in [3.8, 4) is 0 Å². The van der Waals surface area contributed by atoms with Gasteiger partial charge in [0.2, 0.25) is 11.8 Å². The molecule has 0 bridgehead atoms. The predicted octanol–water partition coefficient (Wildman–Crippen LogP) is 5.28. The second-order valence-corrected chi connectivity index (χ2v) is 9.13. The normalized spacial score (nSPS) is 11.9. The number of hydrogen-bond acceptors (Lipinski definition) is 3. The van der Waals surface area contributed by atoms with E-state index in [2.05, 4.69) is 5.32 Å². The molecule has 1 N–H and O–H groups in total. The van der Waals surface area contributed by atoms with Crippen LogP contribution in [0.4, 0.5) is 0 Å². The van der Waals surface area contributed by atoms with Crippen LogP contribution in [0, 0.1) is 5.92 Å². The average Bonchev–Trinajstić information content (AvgIpc) is 2.70. The first-order chi connectivity index (χ1) is 13.8. The van der Waals surface area contributed by atoms with Crippen LogP contribution in [0.3, 0.4) is 0 Å². The Labute approximate surface area is 187 Å². The molecule has 2 rings (SSSR count). The van der Waals surface area contributed by atoms with Crippen molar-refractivity contribution in [2.24, 2.45) is 5.92 Å². The number of carbonyl (C=O) groups excluding carboxylic acids is 2. The van der Waals surface area contributed by atoms with E-state index in [9.17, 15) is 9.59 Å². The van der Waals surface area contributed by atoms with E-state index in [0.717, 1.165) is 10.5 Å². The maximum Gasteiger partial charge on any atom is 0.242 e. The zero-order chi connectivity index (χ0) is 21.4. The van der Waals surface area contributed by atoms with Crippen molar-refractivity contribution in [3.63, 3.8) is 0 Å². The zero-order valence-corrected chi connectivity index (χ0v) is 19.2. The summed E-state index contributed by atoms with van der Waals surface area (Å²) in [7, 11) is 0. The lowest BCUT2D eigenvalue weighted by Crippen LogP contribution is -2.48. The standard InChI is InChI=1S/C22H26Cl2N2O2S/c1-15(2)12-25-22(28)16(3)26(13-17-4-6-18(23)7-5-17)21(27)14-29-20-10-8-19(24)9-11-20/h4-11,15-16H,12-14H2,1-3H3,(H,25,28). The summed E-state index contributed by atoms with van der Waals surface area (Å²) >= 11 is 13.3. The topological polar surface area (TPSA) is 49.4 Å². The molecule has 0 aliphatic rings. The van der Waals surface area contributed by atoms with Crippen LogP contribution in [-0.4, -0.2) is 35.1 Å². The molecule has 0 saturated carbocycles. The Bertz CT molecular complexity index is 811. The van der Waals surface area contributed by atoms with Gasteiger partial charge in [-0.05, 0) is 54.8 Å². The fourth-order valence-electron chi connectivity index (χ4n) is 2.58. The van der Waals surface area contributed by atoms with Gasteiger partial charge in [0, 0.05) is 28.0 Å². The van der Waals surface area contributed by atoms with Gasteiger partial charge in [-0.15, -0.1) is 11.8 Å². The van der Waals surface area contributed by atoms with Crippen LogP contribution >= 0.6 is 35.0 Å². The Morgan fingerprint density at radius 1 is 0.966 bits per heavy atom. The molecule has 156 valence electrons. The van der Waals surface area contributed by atoms with Crippen LogP contribution in [0.25, 0.3) is 0 Å². The fourth-order valence-corrected chi connectivity index (χ4v) is 3.62. The minimum atomic E-state index is -0.581. The second kappa shape index (κ2) is 11.5. The van der Waals surface area contributed by atoms with E-state index in [1.807, 2.05) is 38.1 Å². The first-order valence-corrected chi connectivity index (χ1v) is 11.2. The molecule has 1 unspecified atom stereocenters.